The second-order valence-electron chi connectivity index (χ2n) is 4.52. The van der Waals surface area contributed by atoms with Gasteiger partial charge in [0, 0.05) is 37.6 Å². The van der Waals surface area contributed by atoms with Gasteiger partial charge in [0.1, 0.15) is 0 Å². The van der Waals surface area contributed by atoms with Crippen molar-refractivity contribution < 1.29 is 0 Å². The Morgan fingerprint density at radius 3 is 2.55 bits per heavy atom. The number of aryl methyl sites for hydroxylation is 1. The van der Waals surface area contributed by atoms with Crippen LogP contribution in [0.15, 0.2) is 52.2 Å². The van der Waals surface area contributed by atoms with Gasteiger partial charge in [-0.3, -0.25) is 9.36 Å². The highest BCUT2D eigenvalue weighted by molar-refractivity contribution is 5.42. The highest BCUT2D eigenvalue weighted by Gasteiger charge is 2.03. The summed E-state index contributed by atoms with van der Waals surface area (Å²) in [6, 6.07) is 11.3. The Hall–Kier alpha value is -2.30. The van der Waals surface area contributed by atoms with Gasteiger partial charge < -0.3 is 9.88 Å². The normalized spacial score (nSPS) is 10.4. The van der Waals surface area contributed by atoms with E-state index in [9.17, 15) is 9.59 Å². The van der Waals surface area contributed by atoms with Gasteiger partial charge in [0.25, 0.3) is 5.56 Å². The molecule has 0 radical (unpaired) electrons. The number of rotatable bonds is 6. The van der Waals surface area contributed by atoms with E-state index in [0.29, 0.717) is 13.1 Å². The van der Waals surface area contributed by atoms with Crippen molar-refractivity contribution in [1.82, 2.24) is 9.13 Å². The Kier molecular flexibility index (Phi) is 4.76. The van der Waals surface area contributed by atoms with E-state index < -0.39 is 0 Å². The highest BCUT2D eigenvalue weighted by Crippen LogP contribution is 2.04. The quantitative estimate of drug-likeness (QED) is 0.812. The number of hydrogen-bond donors (Lipinski definition) is 1. The van der Waals surface area contributed by atoms with E-state index >= 15 is 0 Å². The minimum absolute atomic E-state index is 0.236. The van der Waals surface area contributed by atoms with Gasteiger partial charge >= 0.3 is 5.69 Å². The molecule has 0 bridgehead atoms. The van der Waals surface area contributed by atoms with Crippen LogP contribution < -0.4 is 16.6 Å². The fraction of sp³-hybridized carbons (Fsp3) is 0.333. The minimum atomic E-state index is -0.237. The SMILES string of the molecule is CCn1ccc(=O)n(CCCNc2ccccc2)c1=O. The molecule has 0 saturated heterocycles. The molecule has 0 unspecified atom stereocenters. The predicted octanol–water partition coefficient (Wildman–Crippen LogP) is 1.53. The molecule has 5 nitrogen and oxygen atoms in total. The van der Waals surface area contributed by atoms with Crippen molar-refractivity contribution in [2.24, 2.45) is 0 Å². The van der Waals surface area contributed by atoms with E-state index in [4.69, 9.17) is 0 Å². The average molecular weight is 273 g/mol. The van der Waals surface area contributed by atoms with E-state index in [1.165, 1.54) is 15.2 Å². The zero-order chi connectivity index (χ0) is 14.4. The third kappa shape index (κ3) is 3.38. The fourth-order valence-corrected chi connectivity index (χ4v) is 2.03. The second-order valence-corrected chi connectivity index (χ2v) is 4.52. The molecule has 0 fully saturated rings. The predicted molar refractivity (Wildman–Crippen MR) is 80.2 cm³/mol. The molecule has 1 aromatic carbocycles. The molecule has 0 aliphatic heterocycles. The molecule has 5 heteroatoms. The van der Waals surface area contributed by atoms with Crippen LogP contribution in [0, 0.1) is 0 Å². The van der Waals surface area contributed by atoms with Crippen LogP contribution in [0.25, 0.3) is 0 Å². The Morgan fingerprint density at radius 2 is 1.85 bits per heavy atom. The fourth-order valence-electron chi connectivity index (χ4n) is 2.03. The lowest BCUT2D eigenvalue weighted by Gasteiger charge is -2.09. The Balaban J connectivity index is 1.95. The van der Waals surface area contributed by atoms with Crippen molar-refractivity contribution in [2.75, 3.05) is 11.9 Å². The van der Waals surface area contributed by atoms with Gasteiger partial charge in [-0.25, -0.2) is 4.79 Å². The third-order valence-corrected chi connectivity index (χ3v) is 3.14. The lowest BCUT2D eigenvalue weighted by Crippen LogP contribution is -2.39. The maximum atomic E-state index is 12.0. The van der Waals surface area contributed by atoms with Gasteiger partial charge in [-0.1, -0.05) is 18.2 Å². The van der Waals surface area contributed by atoms with Crippen molar-refractivity contribution in [3.63, 3.8) is 0 Å². The first kappa shape index (κ1) is 14.1. The molecule has 20 heavy (non-hydrogen) atoms. The average Bonchev–Trinajstić information content (AvgIpc) is 2.47. The van der Waals surface area contributed by atoms with E-state index in [2.05, 4.69) is 5.32 Å². The monoisotopic (exact) mass is 273 g/mol. The molecular formula is C15H19N3O2. The van der Waals surface area contributed by atoms with Crippen molar-refractivity contribution >= 4 is 5.69 Å². The molecule has 0 atom stereocenters. The lowest BCUT2D eigenvalue weighted by atomic mass is 10.3. The number of nitrogens with zero attached hydrogens (tertiary/aromatic N) is 2. The molecule has 2 aromatic rings. The molecule has 1 heterocycles. The van der Waals surface area contributed by atoms with Crippen molar-refractivity contribution in [1.29, 1.82) is 0 Å². The Bertz CT molecular complexity index is 659. The number of hydrogen-bond acceptors (Lipinski definition) is 3. The molecule has 1 N–H and O–H groups in total. The van der Waals surface area contributed by atoms with Crippen LogP contribution in [0.2, 0.25) is 0 Å². The Morgan fingerprint density at radius 1 is 1.10 bits per heavy atom. The number of anilines is 1. The number of benzene rings is 1. The lowest BCUT2D eigenvalue weighted by molar-refractivity contribution is 0.552. The largest absolute Gasteiger partial charge is 0.385 e. The standard InChI is InChI=1S/C15H19N3O2/c1-2-17-12-9-14(19)18(15(17)20)11-6-10-16-13-7-4-3-5-8-13/h3-5,7-9,12,16H,2,6,10-11H2,1H3. The van der Waals surface area contributed by atoms with Crippen LogP contribution in [0.5, 0.6) is 0 Å². The summed E-state index contributed by atoms with van der Waals surface area (Å²) >= 11 is 0. The molecule has 0 spiro atoms. The van der Waals surface area contributed by atoms with Crippen molar-refractivity contribution in [3.8, 4) is 0 Å². The van der Waals surface area contributed by atoms with E-state index in [0.717, 1.165) is 18.7 Å². The summed E-state index contributed by atoms with van der Waals surface area (Å²) in [7, 11) is 0. The van der Waals surface area contributed by atoms with Gasteiger partial charge in [0.05, 0.1) is 0 Å². The summed E-state index contributed by atoms with van der Waals surface area (Å²) in [5.41, 5.74) is 0.568. The van der Waals surface area contributed by atoms with Gasteiger partial charge in [-0.05, 0) is 25.5 Å². The summed E-state index contributed by atoms with van der Waals surface area (Å²) in [5.74, 6) is 0. The van der Waals surface area contributed by atoms with Gasteiger partial charge in [-0.2, -0.15) is 0 Å². The number of aromatic nitrogens is 2. The summed E-state index contributed by atoms with van der Waals surface area (Å²) in [6.45, 7) is 3.60. The second kappa shape index (κ2) is 6.75. The summed E-state index contributed by atoms with van der Waals surface area (Å²) < 4.78 is 2.82. The zero-order valence-electron chi connectivity index (χ0n) is 11.6. The number of nitrogens with one attached hydrogen (secondary N) is 1. The summed E-state index contributed by atoms with van der Waals surface area (Å²) in [4.78, 5) is 23.7. The van der Waals surface area contributed by atoms with Gasteiger partial charge in [0.2, 0.25) is 0 Å². The Labute approximate surface area is 117 Å². The molecule has 0 aliphatic carbocycles. The summed E-state index contributed by atoms with van der Waals surface area (Å²) in [6.07, 6.45) is 2.27. The third-order valence-electron chi connectivity index (χ3n) is 3.14. The summed E-state index contributed by atoms with van der Waals surface area (Å²) in [5, 5.41) is 3.26. The van der Waals surface area contributed by atoms with Crippen LogP contribution in [0.3, 0.4) is 0 Å². The molecule has 106 valence electrons. The van der Waals surface area contributed by atoms with Gasteiger partial charge in [-0.15, -0.1) is 0 Å². The van der Waals surface area contributed by atoms with E-state index in [-0.39, 0.29) is 11.2 Å². The first-order valence-corrected chi connectivity index (χ1v) is 6.81. The van der Waals surface area contributed by atoms with Crippen LogP contribution in [0.4, 0.5) is 5.69 Å². The zero-order valence-corrected chi connectivity index (χ0v) is 11.6. The number of para-hydroxylation sites is 1. The van der Waals surface area contributed by atoms with Gasteiger partial charge in [0.15, 0.2) is 0 Å². The van der Waals surface area contributed by atoms with E-state index in [1.807, 2.05) is 37.3 Å². The minimum Gasteiger partial charge on any atom is -0.385 e. The molecule has 1 aromatic heterocycles. The molecular weight excluding hydrogens is 254 g/mol. The maximum Gasteiger partial charge on any atom is 0.330 e. The van der Waals surface area contributed by atoms with Crippen LogP contribution in [0.1, 0.15) is 13.3 Å². The smallest absolute Gasteiger partial charge is 0.330 e. The topological polar surface area (TPSA) is 56.0 Å². The van der Waals surface area contributed by atoms with Crippen molar-refractivity contribution in [3.05, 3.63) is 63.4 Å². The van der Waals surface area contributed by atoms with Crippen LogP contribution in [-0.4, -0.2) is 15.7 Å². The molecule has 0 amide bonds. The highest BCUT2D eigenvalue weighted by atomic mass is 16.2. The maximum absolute atomic E-state index is 12.0. The molecule has 0 aliphatic rings. The van der Waals surface area contributed by atoms with Crippen LogP contribution >= 0.6 is 0 Å². The first-order chi connectivity index (χ1) is 9.72. The molecule has 2 rings (SSSR count). The molecule has 0 saturated carbocycles. The van der Waals surface area contributed by atoms with E-state index in [1.54, 1.807) is 6.20 Å². The first-order valence-electron chi connectivity index (χ1n) is 6.81. The van der Waals surface area contributed by atoms with Crippen molar-refractivity contribution in [2.45, 2.75) is 26.4 Å². The van der Waals surface area contributed by atoms with Crippen LogP contribution in [-0.2, 0) is 13.1 Å².